The second-order valence-electron chi connectivity index (χ2n) is 9.63. The summed E-state index contributed by atoms with van der Waals surface area (Å²) >= 11 is 0. The van der Waals surface area contributed by atoms with Gasteiger partial charge in [0.2, 0.25) is 5.90 Å². The number of nitrogens with zero attached hydrogens (tertiary/aromatic N) is 1. The van der Waals surface area contributed by atoms with Crippen LogP contribution in [0.4, 0.5) is 0 Å². The van der Waals surface area contributed by atoms with Crippen LogP contribution in [0.5, 0.6) is 11.5 Å². The Balaban J connectivity index is 1.99. The monoisotopic (exact) mass is 513 g/mol. The number of methoxy groups -OCH3 is 1. The average Bonchev–Trinajstić information content (AvgIpc) is 3.27. The summed E-state index contributed by atoms with van der Waals surface area (Å²) in [5.74, 6) is 5.97. The molecule has 0 fully saturated rings. The number of ether oxygens (including phenoxy) is 4. The molecule has 0 unspecified atom stereocenters. The minimum Gasteiger partial charge on any atom is -0.497 e. The van der Waals surface area contributed by atoms with Gasteiger partial charge >= 0.3 is 5.97 Å². The molecule has 0 saturated heterocycles. The number of carbonyl (C=O) groups excluding carboxylic acids is 2. The number of aliphatic imine (C=N–C) groups is 1. The van der Waals surface area contributed by atoms with Crippen molar-refractivity contribution >= 4 is 17.8 Å². The van der Waals surface area contributed by atoms with Gasteiger partial charge in [0.05, 0.1) is 13.7 Å². The first-order chi connectivity index (χ1) is 17.6. The maximum atomic E-state index is 13.3. The lowest BCUT2D eigenvalue weighted by Crippen LogP contribution is -2.51. The van der Waals surface area contributed by atoms with Crippen molar-refractivity contribution in [2.45, 2.75) is 57.3 Å². The molecule has 0 spiro atoms. The summed E-state index contributed by atoms with van der Waals surface area (Å²) in [7, 11) is 1.54. The summed E-state index contributed by atoms with van der Waals surface area (Å²) in [6, 6.07) is 14.2. The first-order valence-corrected chi connectivity index (χ1v) is 12.1. The lowest BCUT2D eigenvalue weighted by Gasteiger charge is -2.30. The second-order valence-corrected chi connectivity index (χ2v) is 9.63. The van der Waals surface area contributed by atoms with Gasteiger partial charge in [-0.25, -0.2) is 10.8 Å². The third-order valence-electron chi connectivity index (χ3n) is 5.69. The van der Waals surface area contributed by atoms with Crippen LogP contribution in [0.25, 0.3) is 0 Å². The highest BCUT2D eigenvalue weighted by molar-refractivity contribution is 6.01. The van der Waals surface area contributed by atoms with E-state index in [9.17, 15) is 9.59 Å². The Hall–Kier alpha value is -3.63. The first-order valence-electron chi connectivity index (χ1n) is 12.1. The Labute approximate surface area is 216 Å². The molecule has 3 rings (SSSR count). The third-order valence-corrected chi connectivity index (χ3v) is 5.69. The number of hydrazine groups is 1. The summed E-state index contributed by atoms with van der Waals surface area (Å²) in [6.07, 6.45) is -0.445. The van der Waals surface area contributed by atoms with E-state index < -0.39 is 29.1 Å². The number of nitrogens with two attached hydrogens (primary N) is 1. The fourth-order valence-corrected chi connectivity index (χ4v) is 3.99. The van der Waals surface area contributed by atoms with E-state index in [1.54, 1.807) is 76.4 Å². The SMILES string of the molecule is COc1cccc([C@@H]2OC(c3ccc(OCCCO)cc3)=N[C@]2(CCC(=O)OC(C)(C)C)C(=O)NN)c1. The van der Waals surface area contributed by atoms with Crippen LogP contribution in [0.2, 0.25) is 0 Å². The van der Waals surface area contributed by atoms with E-state index in [0.717, 1.165) is 0 Å². The molecule has 0 saturated carbocycles. The molecule has 0 bridgehead atoms. The first kappa shape index (κ1) is 27.9. The molecule has 2 aromatic carbocycles. The molecule has 0 aliphatic carbocycles. The van der Waals surface area contributed by atoms with Crippen LogP contribution < -0.4 is 20.7 Å². The van der Waals surface area contributed by atoms with Gasteiger partial charge in [-0.15, -0.1) is 0 Å². The topological polar surface area (TPSA) is 142 Å². The van der Waals surface area contributed by atoms with Crippen molar-refractivity contribution in [2.75, 3.05) is 20.3 Å². The zero-order valence-electron chi connectivity index (χ0n) is 21.7. The molecule has 1 amide bonds. The van der Waals surface area contributed by atoms with E-state index in [4.69, 9.17) is 34.9 Å². The van der Waals surface area contributed by atoms with Gasteiger partial charge in [0.15, 0.2) is 11.6 Å². The number of esters is 1. The molecule has 4 N–H and O–H groups in total. The molecule has 2 aromatic rings. The van der Waals surface area contributed by atoms with Gasteiger partial charge in [0, 0.05) is 25.0 Å². The number of nitrogens with one attached hydrogen (secondary N) is 1. The van der Waals surface area contributed by atoms with E-state index in [-0.39, 0.29) is 25.3 Å². The number of benzene rings is 2. The van der Waals surface area contributed by atoms with Crippen molar-refractivity contribution in [1.29, 1.82) is 0 Å². The van der Waals surface area contributed by atoms with Crippen LogP contribution in [0.15, 0.2) is 53.5 Å². The van der Waals surface area contributed by atoms with E-state index in [2.05, 4.69) is 5.43 Å². The average molecular weight is 514 g/mol. The van der Waals surface area contributed by atoms with Crippen LogP contribution in [-0.2, 0) is 19.1 Å². The molecule has 37 heavy (non-hydrogen) atoms. The molecule has 10 heteroatoms. The minimum atomic E-state index is -1.54. The molecule has 0 aromatic heterocycles. The smallest absolute Gasteiger partial charge is 0.306 e. The Morgan fingerprint density at radius 1 is 1.16 bits per heavy atom. The van der Waals surface area contributed by atoms with Gasteiger partial charge in [0.1, 0.15) is 17.1 Å². The highest BCUT2D eigenvalue weighted by Gasteiger charge is 2.53. The van der Waals surface area contributed by atoms with Crippen LogP contribution >= 0.6 is 0 Å². The van der Waals surface area contributed by atoms with E-state index >= 15 is 0 Å². The fraction of sp³-hybridized carbons (Fsp3) is 0.444. The number of rotatable bonds is 11. The van der Waals surface area contributed by atoms with Crippen LogP contribution in [0.1, 0.15) is 57.3 Å². The molecule has 1 aliphatic rings. The highest BCUT2D eigenvalue weighted by atomic mass is 16.6. The summed E-state index contributed by atoms with van der Waals surface area (Å²) in [6.45, 7) is 5.76. The van der Waals surface area contributed by atoms with Gasteiger partial charge in [-0.1, -0.05) is 12.1 Å². The van der Waals surface area contributed by atoms with Crippen molar-refractivity contribution < 1.29 is 33.6 Å². The van der Waals surface area contributed by atoms with Gasteiger partial charge in [-0.2, -0.15) is 0 Å². The Bertz CT molecular complexity index is 1110. The Morgan fingerprint density at radius 3 is 2.51 bits per heavy atom. The zero-order valence-corrected chi connectivity index (χ0v) is 21.7. The number of hydrogen-bond donors (Lipinski definition) is 3. The van der Waals surface area contributed by atoms with E-state index in [1.165, 1.54) is 0 Å². The van der Waals surface area contributed by atoms with Gasteiger partial charge in [0.25, 0.3) is 5.91 Å². The summed E-state index contributed by atoms with van der Waals surface area (Å²) in [4.78, 5) is 30.6. The predicted octanol–water partition coefficient (Wildman–Crippen LogP) is 2.83. The maximum Gasteiger partial charge on any atom is 0.306 e. The molecule has 1 heterocycles. The molecule has 1 aliphatic heterocycles. The molecular formula is C27H35N3O7. The zero-order chi connectivity index (χ0) is 27.1. The Kier molecular flexibility index (Phi) is 9.12. The number of carbonyl (C=O) groups is 2. The van der Waals surface area contributed by atoms with Crippen LogP contribution in [0.3, 0.4) is 0 Å². The van der Waals surface area contributed by atoms with Gasteiger partial charge < -0.3 is 24.1 Å². The number of aliphatic hydroxyl groups excluding tert-OH is 1. The minimum absolute atomic E-state index is 0.00131. The predicted molar refractivity (Wildman–Crippen MR) is 137 cm³/mol. The van der Waals surface area contributed by atoms with Crippen molar-refractivity contribution in [3.05, 3.63) is 59.7 Å². The van der Waals surface area contributed by atoms with Gasteiger partial charge in [-0.3, -0.25) is 15.0 Å². The van der Waals surface area contributed by atoms with Crippen molar-refractivity contribution in [2.24, 2.45) is 10.8 Å². The highest BCUT2D eigenvalue weighted by Crippen LogP contribution is 2.44. The largest absolute Gasteiger partial charge is 0.497 e. The van der Waals surface area contributed by atoms with E-state index in [1.807, 2.05) is 0 Å². The number of hydrogen-bond acceptors (Lipinski definition) is 9. The normalized spacial score (nSPS) is 19.0. The van der Waals surface area contributed by atoms with Crippen LogP contribution in [-0.4, -0.2) is 54.3 Å². The molecule has 200 valence electrons. The standard InChI is InChI=1S/C27H35N3O7/c1-26(2,3)37-22(32)13-14-27(25(33)30-28)23(19-7-5-8-21(17-19)34-4)36-24(29-27)18-9-11-20(12-10-18)35-16-6-15-31/h5,7-12,17,23,31H,6,13-16,28H2,1-4H3,(H,30,33)/t23-,27-/m0/s1. The number of aliphatic hydroxyl groups is 1. The molecule has 10 nitrogen and oxygen atoms in total. The van der Waals surface area contributed by atoms with Crippen molar-refractivity contribution in [3.63, 3.8) is 0 Å². The molecule has 2 atom stereocenters. The van der Waals surface area contributed by atoms with Gasteiger partial charge in [-0.05, 0) is 69.2 Å². The fourth-order valence-electron chi connectivity index (χ4n) is 3.99. The number of amides is 1. The summed E-state index contributed by atoms with van der Waals surface area (Å²) < 4.78 is 22.7. The van der Waals surface area contributed by atoms with Crippen molar-refractivity contribution in [3.8, 4) is 11.5 Å². The quantitative estimate of drug-likeness (QED) is 0.137. The summed E-state index contributed by atoms with van der Waals surface area (Å²) in [5, 5.41) is 8.94. The molecule has 0 radical (unpaired) electrons. The maximum absolute atomic E-state index is 13.3. The second kappa shape index (κ2) is 12.1. The van der Waals surface area contributed by atoms with Crippen molar-refractivity contribution in [1.82, 2.24) is 5.43 Å². The lowest BCUT2D eigenvalue weighted by atomic mass is 9.83. The molecular weight excluding hydrogens is 478 g/mol. The third kappa shape index (κ3) is 6.99. The summed E-state index contributed by atoms with van der Waals surface area (Å²) in [5.41, 5.74) is 1.25. The lowest BCUT2D eigenvalue weighted by molar-refractivity contribution is -0.155. The Morgan fingerprint density at radius 2 is 1.89 bits per heavy atom. The van der Waals surface area contributed by atoms with Crippen LogP contribution in [0, 0.1) is 0 Å². The van der Waals surface area contributed by atoms with E-state index in [0.29, 0.717) is 35.7 Å².